The van der Waals surface area contributed by atoms with Gasteiger partial charge in [0.1, 0.15) is 5.69 Å². The van der Waals surface area contributed by atoms with Crippen LogP contribution in [0.15, 0.2) is 66.9 Å². The van der Waals surface area contributed by atoms with Gasteiger partial charge in [0.15, 0.2) is 0 Å². The highest BCUT2D eigenvalue weighted by molar-refractivity contribution is 6.01. The van der Waals surface area contributed by atoms with Crippen LogP contribution in [0.2, 0.25) is 0 Å². The van der Waals surface area contributed by atoms with Crippen molar-refractivity contribution in [2.75, 3.05) is 13.1 Å². The second kappa shape index (κ2) is 9.65. The van der Waals surface area contributed by atoms with Crippen molar-refractivity contribution in [1.82, 2.24) is 25.8 Å². The number of carbonyl (C=O) groups is 1. The van der Waals surface area contributed by atoms with Gasteiger partial charge in [0.25, 0.3) is 5.91 Å². The number of rotatable bonds is 6. The van der Waals surface area contributed by atoms with Crippen molar-refractivity contribution in [3.05, 3.63) is 78.0 Å². The summed E-state index contributed by atoms with van der Waals surface area (Å²) in [5.41, 5.74) is 4.40. The molecule has 4 aromatic rings. The molecule has 1 saturated heterocycles. The van der Waals surface area contributed by atoms with Crippen LogP contribution in [-0.2, 0) is 0 Å². The lowest BCUT2D eigenvalue weighted by Gasteiger charge is -2.33. The molecule has 3 heterocycles. The summed E-state index contributed by atoms with van der Waals surface area (Å²) in [4.78, 5) is 17.6. The Morgan fingerprint density at radius 1 is 1.12 bits per heavy atom. The smallest absolute Gasteiger partial charge is 0.251 e. The van der Waals surface area contributed by atoms with Crippen molar-refractivity contribution in [1.29, 1.82) is 0 Å². The van der Waals surface area contributed by atoms with Crippen LogP contribution in [0, 0.1) is 0 Å². The average Bonchev–Trinajstić information content (AvgIpc) is 3.28. The van der Waals surface area contributed by atoms with Gasteiger partial charge in [-0.25, -0.2) is 4.98 Å². The van der Waals surface area contributed by atoms with Crippen molar-refractivity contribution in [3.8, 4) is 17.1 Å². The van der Waals surface area contributed by atoms with E-state index in [2.05, 4.69) is 50.1 Å². The van der Waals surface area contributed by atoms with E-state index in [1.807, 2.05) is 50.2 Å². The zero-order valence-corrected chi connectivity index (χ0v) is 19.4. The van der Waals surface area contributed by atoms with E-state index in [4.69, 9.17) is 4.74 Å². The molecular weight excluding hydrogens is 426 g/mol. The number of amides is 1. The van der Waals surface area contributed by atoms with Crippen LogP contribution in [0.5, 0.6) is 5.88 Å². The van der Waals surface area contributed by atoms with Crippen molar-refractivity contribution in [2.24, 2.45) is 0 Å². The third kappa shape index (κ3) is 4.65. The molecule has 0 radical (unpaired) electrons. The zero-order valence-electron chi connectivity index (χ0n) is 19.4. The van der Waals surface area contributed by atoms with Crippen molar-refractivity contribution in [3.63, 3.8) is 0 Å². The summed E-state index contributed by atoms with van der Waals surface area (Å²) < 4.78 is 5.74. The lowest BCUT2D eigenvalue weighted by atomic mass is 9.86. The number of nitrogens with one attached hydrogen (secondary N) is 3. The van der Waals surface area contributed by atoms with Gasteiger partial charge in [-0.15, -0.1) is 0 Å². The van der Waals surface area contributed by atoms with Crippen molar-refractivity contribution < 1.29 is 9.53 Å². The molecule has 2 aromatic carbocycles. The summed E-state index contributed by atoms with van der Waals surface area (Å²) >= 11 is 0. The Hall–Kier alpha value is -3.71. The van der Waals surface area contributed by atoms with Crippen LogP contribution < -0.4 is 15.4 Å². The van der Waals surface area contributed by atoms with Gasteiger partial charge >= 0.3 is 0 Å². The Labute approximate surface area is 198 Å². The second-order valence-corrected chi connectivity index (χ2v) is 8.97. The first kappa shape index (κ1) is 22.1. The molecule has 1 fully saturated rings. The largest absolute Gasteiger partial charge is 0.475 e. The Kier molecular flexibility index (Phi) is 6.27. The third-order valence-corrected chi connectivity index (χ3v) is 6.22. The number of fused-ring (bicyclic) bond motifs is 1. The normalized spacial score (nSPS) is 18.2. The van der Waals surface area contributed by atoms with E-state index >= 15 is 0 Å². The molecule has 1 aliphatic rings. The summed E-state index contributed by atoms with van der Waals surface area (Å²) in [5, 5.41) is 15.1. The molecule has 5 rings (SSSR count). The molecule has 1 amide bonds. The van der Waals surface area contributed by atoms with E-state index in [0.29, 0.717) is 11.4 Å². The average molecular weight is 456 g/mol. The number of aromatic amines is 1. The molecule has 0 saturated carbocycles. The van der Waals surface area contributed by atoms with Gasteiger partial charge in [-0.1, -0.05) is 30.3 Å². The van der Waals surface area contributed by atoms with Gasteiger partial charge in [0.05, 0.1) is 11.6 Å². The molecule has 0 aliphatic carbocycles. The highest BCUT2D eigenvalue weighted by atomic mass is 16.5. The van der Waals surface area contributed by atoms with Crippen LogP contribution in [0.3, 0.4) is 0 Å². The maximum atomic E-state index is 13.3. The summed E-state index contributed by atoms with van der Waals surface area (Å²) in [7, 11) is 0. The van der Waals surface area contributed by atoms with Gasteiger partial charge in [0.2, 0.25) is 5.88 Å². The predicted octanol–water partition coefficient (Wildman–Crippen LogP) is 4.29. The Balaban J connectivity index is 1.40. The first-order valence-corrected chi connectivity index (χ1v) is 11.8. The van der Waals surface area contributed by atoms with Crippen LogP contribution in [0.1, 0.15) is 42.1 Å². The summed E-state index contributed by atoms with van der Waals surface area (Å²) in [6.45, 7) is 5.63. The second-order valence-electron chi connectivity index (χ2n) is 8.97. The number of hydrogen-bond acceptors (Lipinski definition) is 5. The lowest BCUT2D eigenvalue weighted by molar-refractivity contribution is 0.0924. The fourth-order valence-corrected chi connectivity index (χ4v) is 4.60. The molecule has 0 spiro atoms. The molecule has 3 N–H and O–H groups in total. The topological polar surface area (TPSA) is 91.9 Å². The molecule has 0 bridgehead atoms. The quantitative estimate of drug-likeness (QED) is 0.403. The molecule has 0 unspecified atom stereocenters. The molecule has 7 heteroatoms. The highest BCUT2D eigenvalue weighted by Crippen LogP contribution is 2.29. The van der Waals surface area contributed by atoms with Gasteiger partial charge in [0, 0.05) is 47.3 Å². The number of H-pyrrole nitrogens is 1. The lowest BCUT2D eigenvalue weighted by Crippen LogP contribution is -2.50. The first-order chi connectivity index (χ1) is 16.6. The highest BCUT2D eigenvalue weighted by Gasteiger charge is 2.28. The predicted molar refractivity (Wildman–Crippen MR) is 133 cm³/mol. The number of piperidine rings is 1. The zero-order chi connectivity index (χ0) is 23.5. The van der Waals surface area contributed by atoms with Gasteiger partial charge in [-0.2, -0.15) is 5.10 Å². The molecule has 7 nitrogen and oxygen atoms in total. The number of hydrogen-bond donors (Lipinski definition) is 3. The Morgan fingerprint density at radius 3 is 2.79 bits per heavy atom. The van der Waals surface area contributed by atoms with Crippen molar-refractivity contribution >= 4 is 16.8 Å². The Bertz CT molecular complexity index is 1280. The van der Waals surface area contributed by atoms with E-state index in [0.717, 1.165) is 41.7 Å². The molecule has 2 atom stereocenters. The summed E-state index contributed by atoms with van der Waals surface area (Å²) in [6.07, 6.45) is 2.73. The molecule has 174 valence electrons. The number of nitrogens with zero attached hydrogens (tertiary/aromatic N) is 2. The fraction of sp³-hybridized carbons (Fsp3) is 0.296. The van der Waals surface area contributed by atoms with E-state index in [1.54, 1.807) is 6.20 Å². The number of aromatic nitrogens is 3. The van der Waals surface area contributed by atoms with E-state index in [-0.39, 0.29) is 24.0 Å². The molecular formula is C27H29N5O2. The maximum absolute atomic E-state index is 13.3. The minimum absolute atomic E-state index is 0.0269. The third-order valence-electron chi connectivity index (χ3n) is 6.22. The summed E-state index contributed by atoms with van der Waals surface area (Å²) in [5.74, 6) is 0.757. The van der Waals surface area contributed by atoms with Gasteiger partial charge < -0.3 is 15.4 Å². The van der Waals surface area contributed by atoms with Crippen LogP contribution >= 0.6 is 0 Å². The van der Waals surface area contributed by atoms with Gasteiger partial charge in [-0.05, 0) is 56.6 Å². The van der Waals surface area contributed by atoms with Crippen molar-refractivity contribution in [2.45, 2.75) is 38.3 Å². The fourth-order valence-electron chi connectivity index (χ4n) is 4.60. The number of carbonyl (C=O) groups excluding carboxylic acids is 1. The first-order valence-electron chi connectivity index (χ1n) is 11.8. The van der Waals surface area contributed by atoms with E-state index in [1.165, 1.54) is 5.56 Å². The standard InChI is InChI=1S/C27H29N5O2/c1-17(2)34-25-15-19(10-13-29-25)26-22-14-20(8-9-23(22)31-32-26)27(33)30-24-16-28-12-11-21(24)18-6-4-3-5-7-18/h3-10,13-15,17,21,24,28H,11-12,16H2,1-2H3,(H,30,33)(H,31,32)/t21-,24+/m0/s1. The molecule has 1 aliphatic heterocycles. The molecule has 34 heavy (non-hydrogen) atoms. The number of ether oxygens (including phenoxy) is 1. The monoisotopic (exact) mass is 455 g/mol. The number of pyridine rings is 1. The summed E-state index contributed by atoms with van der Waals surface area (Å²) in [6, 6.07) is 19.9. The molecule has 2 aromatic heterocycles. The Morgan fingerprint density at radius 2 is 1.97 bits per heavy atom. The van der Waals surface area contributed by atoms with Crippen LogP contribution in [0.25, 0.3) is 22.2 Å². The van der Waals surface area contributed by atoms with E-state index < -0.39 is 0 Å². The maximum Gasteiger partial charge on any atom is 0.251 e. The van der Waals surface area contributed by atoms with Crippen LogP contribution in [-0.4, -0.2) is 46.3 Å². The minimum atomic E-state index is -0.0813. The minimum Gasteiger partial charge on any atom is -0.475 e. The van der Waals surface area contributed by atoms with Gasteiger partial charge in [-0.3, -0.25) is 9.89 Å². The van der Waals surface area contributed by atoms with Crippen LogP contribution in [0.4, 0.5) is 0 Å². The van der Waals surface area contributed by atoms with E-state index in [9.17, 15) is 4.79 Å². The number of benzene rings is 2. The SMILES string of the molecule is CC(C)Oc1cc(-c2n[nH]c3ccc(C(=O)N[C@@H]4CNCC[C@H]4c4ccccc4)cc23)ccn1.